The van der Waals surface area contributed by atoms with Crippen LogP contribution in [0.4, 0.5) is 17.2 Å². The molecule has 17 heavy (non-hydrogen) atoms. The van der Waals surface area contributed by atoms with Crippen molar-refractivity contribution < 1.29 is 0 Å². The van der Waals surface area contributed by atoms with Crippen LogP contribution in [0.1, 0.15) is 11.1 Å². The van der Waals surface area contributed by atoms with Crippen LogP contribution in [0.3, 0.4) is 0 Å². The molecule has 0 amide bonds. The Balaban J connectivity index is 2.38. The van der Waals surface area contributed by atoms with Crippen LogP contribution in [0.5, 0.6) is 0 Å². The van der Waals surface area contributed by atoms with Gasteiger partial charge in [0.15, 0.2) is 5.82 Å². The smallest absolute Gasteiger partial charge is 0.153 e. The van der Waals surface area contributed by atoms with Crippen molar-refractivity contribution in [2.24, 2.45) is 0 Å². The zero-order chi connectivity index (χ0) is 12.4. The van der Waals surface area contributed by atoms with Gasteiger partial charge in [-0.25, -0.2) is 4.98 Å². The van der Waals surface area contributed by atoms with Crippen LogP contribution in [0.2, 0.25) is 0 Å². The quantitative estimate of drug-likeness (QED) is 0.885. The summed E-state index contributed by atoms with van der Waals surface area (Å²) in [5.41, 5.74) is 9.83. The van der Waals surface area contributed by atoms with E-state index in [0.29, 0.717) is 11.5 Å². The number of nitrogens with two attached hydrogens (primary N) is 1. The van der Waals surface area contributed by atoms with E-state index in [9.17, 15) is 0 Å². The van der Waals surface area contributed by atoms with Gasteiger partial charge in [0, 0.05) is 16.4 Å². The summed E-state index contributed by atoms with van der Waals surface area (Å²) < 4.78 is 1.06. The Labute approximate surface area is 109 Å². The molecule has 4 heteroatoms. The number of anilines is 3. The molecule has 0 atom stereocenters. The van der Waals surface area contributed by atoms with Crippen LogP contribution >= 0.6 is 15.9 Å². The summed E-state index contributed by atoms with van der Waals surface area (Å²) in [6, 6.07) is 7.89. The first-order chi connectivity index (χ1) is 8.09. The van der Waals surface area contributed by atoms with Gasteiger partial charge < -0.3 is 11.1 Å². The number of hydrogen-bond donors (Lipinski definition) is 2. The fourth-order valence-corrected chi connectivity index (χ4v) is 1.91. The van der Waals surface area contributed by atoms with Crippen molar-refractivity contribution in [2.45, 2.75) is 13.8 Å². The Morgan fingerprint density at radius 2 is 2.00 bits per heavy atom. The fraction of sp³-hybridized carbons (Fsp3) is 0.154. The number of hydrogen-bond acceptors (Lipinski definition) is 3. The number of halogens is 1. The molecule has 2 aromatic rings. The molecule has 0 saturated carbocycles. The minimum Gasteiger partial charge on any atom is -0.396 e. The molecule has 0 aliphatic carbocycles. The molecular formula is C13H14BrN3. The van der Waals surface area contributed by atoms with Crippen molar-refractivity contribution in [1.29, 1.82) is 0 Å². The summed E-state index contributed by atoms with van der Waals surface area (Å²) in [6.45, 7) is 4.01. The maximum Gasteiger partial charge on any atom is 0.153 e. The van der Waals surface area contributed by atoms with Crippen molar-refractivity contribution in [2.75, 3.05) is 11.1 Å². The maximum absolute atomic E-state index is 5.98. The van der Waals surface area contributed by atoms with Gasteiger partial charge >= 0.3 is 0 Å². The first-order valence-corrected chi connectivity index (χ1v) is 6.12. The molecule has 1 aromatic carbocycles. The van der Waals surface area contributed by atoms with Crippen LogP contribution < -0.4 is 11.1 Å². The molecule has 0 bridgehead atoms. The minimum atomic E-state index is 0.687. The molecule has 0 spiro atoms. The lowest BCUT2D eigenvalue weighted by Gasteiger charge is -2.12. The highest BCUT2D eigenvalue weighted by Crippen LogP contribution is 2.28. The van der Waals surface area contributed by atoms with E-state index in [0.717, 1.165) is 21.3 Å². The minimum absolute atomic E-state index is 0.687. The van der Waals surface area contributed by atoms with Crippen LogP contribution in [-0.4, -0.2) is 4.98 Å². The Morgan fingerprint density at radius 1 is 1.24 bits per heavy atom. The molecule has 0 radical (unpaired) electrons. The third-order valence-electron chi connectivity index (χ3n) is 2.73. The van der Waals surface area contributed by atoms with Gasteiger partial charge in [0.25, 0.3) is 0 Å². The van der Waals surface area contributed by atoms with E-state index in [2.05, 4.69) is 26.2 Å². The average molecular weight is 292 g/mol. The van der Waals surface area contributed by atoms with Gasteiger partial charge in [-0.3, -0.25) is 0 Å². The number of nitrogens with zero attached hydrogens (tertiary/aromatic N) is 1. The summed E-state index contributed by atoms with van der Waals surface area (Å²) >= 11 is 3.50. The Morgan fingerprint density at radius 3 is 2.76 bits per heavy atom. The van der Waals surface area contributed by atoms with Gasteiger partial charge in [0.05, 0.1) is 5.69 Å². The van der Waals surface area contributed by atoms with Gasteiger partial charge in [-0.2, -0.15) is 0 Å². The van der Waals surface area contributed by atoms with E-state index in [1.807, 2.05) is 38.1 Å². The zero-order valence-corrected chi connectivity index (χ0v) is 11.4. The summed E-state index contributed by atoms with van der Waals surface area (Å²) in [5, 5.41) is 3.26. The molecule has 0 saturated heterocycles. The summed E-state index contributed by atoms with van der Waals surface area (Å²) in [7, 11) is 0. The lowest BCUT2D eigenvalue weighted by molar-refractivity contribution is 1.27. The van der Waals surface area contributed by atoms with Crippen LogP contribution in [0.15, 0.2) is 34.9 Å². The van der Waals surface area contributed by atoms with Crippen LogP contribution in [0, 0.1) is 13.8 Å². The maximum atomic E-state index is 5.98. The number of rotatable bonds is 2. The second kappa shape index (κ2) is 4.75. The van der Waals surface area contributed by atoms with Gasteiger partial charge in [-0.15, -0.1) is 0 Å². The van der Waals surface area contributed by atoms with Crippen molar-refractivity contribution in [3.8, 4) is 0 Å². The van der Waals surface area contributed by atoms with E-state index in [1.54, 1.807) is 6.20 Å². The van der Waals surface area contributed by atoms with Gasteiger partial charge in [0.1, 0.15) is 0 Å². The molecule has 1 aromatic heterocycles. The summed E-state index contributed by atoms with van der Waals surface area (Å²) in [6.07, 6.45) is 1.75. The second-order valence-corrected chi connectivity index (χ2v) is 4.78. The third kappa shape index (κ3) is 2.42. The van der Waals surface area contributed by atoms with Gasteiger partial charge in [-0.05, 0) is 43.2 Å². The van der Waals surface area contributed by atoms with Gasteiger partial charge in [-0.1, -0.05) is 22.0 Å². The largest absolute Gasteiger partial charge is 0.396 e. The molecule has 88 valence electrons. The van der Waals surface area contributed by atoms with Crippen molar-refractivity contribution >= 4 is 33.1 Å². The van der Waals surface area contributed by atoms with E-state index in [4.69, 9.17) is 5.73 Å². The number of aromatic nitrogens is 1. The molecule has 3 nitrogen and oxygen atoms in total. The van der Waals surface area contributed by atoms with Gasteiger partial charge in [0.2, 0.25) is 0 Å². The Bertz CT molecular complexity index is 503. The summed E-state index contributed by atoms with van der Waals surface area (Å²) in [5.74, 6) is 0.700. The Hall–Kier alpha value is -1.55. The Kier molecular flexibility index (Phi) is 3.33. The first-order valence-electron chi connectivity index (χ1n) is 5.33. The van der Waals surface area contributed by atoms with Crippen molar-refractivity contribution in [3.05, 3.63) is 46.1 Å². The van der Waals surface area contributed by atoms with E-state index in [-0.39, 0.29) is 0 Å². The molecule has 0 aliphatic rings. The number of nitrogens with one attached hydrogen (secondary N) is 1. The standard InChI is InChI=1S/C13H14BrN3/c1-8-6-7-16-13(12(8)15)17-11-5-3-4-10(14)9(11)2/h3-7H,15H2,1-2H3,(H,16,17). The SMILES string of the molecule is Cc1ccnc(Nc2cccc(Br)c2C)c1N. The monoisotopic (exact) mass is 291 g/mol. The van der Waals surface area contributed by atoms with Crippen LogP contribution in [-0.2, 0) is 0 Å². The van der Waals surface area contributed by atoms with Crippen molar-refractivity contribution in [1.82, 2.24) is 4.98 Å². The number of benzene rings is 1. The molecule has 0 aliphatic heterocycles. The predicted molar refractivity (Wildman–Crippen MR) is 75.5 cm³/mol. The lowest BCUT2D eigenvalue weighted by Crippen LogP contribution is -2.02. The molecular weight excluding hydrogens is 278 g/mol. The molecule has 0 fully saturated rings. The highest BCUT2D eigenvalue weighted by atomic mass is 79.9. The van der Waals surface area contributed by atoms with Crippen molar-refractivity contribution in [3.63, 3.8) is 0 Å². The number of pyridine rings is 1. The van der Waals surface area contributed by atoms with E-state index in [1.165, 1.54) is 0 Å². The average Bonchev–Trinajstić information content (AvgIpc) is 2.31. The van der Waals surface area contributed by atoms with E-state index >= 15 is 0 Å². The highest BCUT2D eigenvalue weighted by molar-refractivity contribution is 9.10. The fourth-order valence-electron chi connectivity index (χ4n) is 1.54. The number of nitrogen functional groups attached to an aromatic ring is 1. The third-order valence-corrected chi connectivity index (χ3v) is 3.59. The topological polar surface area (TPSA) is 50.9 Å². The first kappa shape index (κ1) is 11.9. The molecule has 3 N–H and O–H groups in total. The molecule has 2 rings (SSSR count). The summed E-state index contributed by atoms with van der Waals surface area (Å²) in [4.78, 5) is 4.25. The van der Waals surface area contributed by atoms with Crippen LogP contribution in [0.25, 0.3) is 0 Å². The highest BCUT2D eigenvalue weighted by Gasteiger charge is 2.06. The second-order valence-electron chi connectivity index (χ2n) is 3.93. The molecule has 0 unspecified atom stereocenters. The van der Waals surface area contributed by atoms with E-state index < -0.39 is 0 Å². The lowest BCUT2D eigenvalue weighted by atomic mass is 10.2. The predicted octanol–water partition coefficient (Wildman–Crippen LogP) is 3.79. The normalized spacial score (nSPS) is 10.3. The number of aryl methyl sites for hydroxylation is 1. The molecule has 1 heterocycles. The zero-order valence-electron chi connectivity index (χ0n) is 9.79.